The Morgan fingerprint density at radius 3 is 2.86 bits per heavy atom. The van der Waals surface area contributed by atoms with Crippen molar-refractivity contribution >= 4 is 33.3 Å². The lowest BCUT2D eigenvalue weighted by molar-refractivity contribution is -0.146. The van der Waals surface area contributed by atoms with E-state index in [1.807, 2.05) is 0 Å². The zero-order valence-corrected chi connectivity index (χ0v) is 13.2. The summed E-state index contributed by atoms with van der Waals surface area (Å²) < 4.78 is 31.3. The van der Waals surface area contributed by atoms with Gasteiger partial charge in [0.15, 0.2) is 0 Å². The topological polar surface area (TPSA) is 89.7 Å². The quantitative estimate of drug-likeness (QED) is 0.669. The molecule has 1 fully saturated rings. The number of ether oxygens (including phenoxy) is 1. The molecule has 1 aliphatic heterocycles. The van der Waals surface area contributed by atoms with Crippen molar-refractivity contribution in [1.82, 2.24) is 4.31 Å². The summed E-state index contributed by atoms with van der Waals surface area (Å²) in [6.45, 7) is 0.447. The summed E-state index contributed by atoms with van der Waals surface area (Å²) in [5, 5.41) is 0.296. The number of piperidine rings is 1. The maximum atomic E-state index is 12.7. The summed E-state index contributed by atoms with van der Waals surface area (Å²) >= 11 is 5.85. The summed E-state index contributed by atoms with van der Waals surface area (Å²) in [6, 6.07) is 4.31. The molecule has 6 nitrogen and oxygen atoms in total. The van der Waals surface area contributed by atoms with E-state index in [9.17, 15) is 13.2 Å². The fourth-order valence-electron chi connectivity index (χ4n) is 2.39. The van der Waals surface area contributed by atoms with Crippen LogP contribution in [0.5, 0.6) is 0 Å². The smallest absolute Gasteiger partial charge is 0.309 e. The molecule has 0 aliphatic carbocycles. The summed E-state index contributed by atoms with van der Waals surface area (Å²) in [4.78, 5) is 11.6. The zero-order chi connectivity index (χ0) is 15.6. The van der Waals surface area contributed by atoms with Gasteiger partial charge in [0.1, 0.15) is 4.90 Å². The largest absolute Gasteiger partial charge is 0.469 e. The van der Waals surface area contributed by atoms with Gasteiger partial charge in [-0.1, -0.05) is 11.6 Å². The Hall–Kier alpha value is -1.31. The van der Waals surface area contributed by atoms with E-state index in [0.29, 0.717) is 24.4 Å². The number of anilines is 1. The molecule has 1 aromatic rings. The van der Waals surface area contributed by atoms with Crippen molar-refractivity contribution < 1.29 is 17.9 Å². The number of esters is 1. The van der Waals surface area contributed by atoms with Crippen molar-refractivity contribution in [2.24, 2.45) is 5.92 Å². The highest BCUT2D eigenvalue weighted by Crippen LogP contribution is 2.29. The number of nitrogen functional groups attached to an aromatic ring is 1. The summed E-state index contributed by atoms with van der Waals surface area (Å²) in [7, 11) is -2.48. The van der Waals surface area contributed by atoms with Gasteiger partial charge in [-0.15, -0.1) is 0 Å². The van der Waals surface area contributed by atoms with Crippen LogP contribution in [0.25, 0.3) is 0 Å². The maximum Gasteiger partial charge on any atom is 0.309 e. The minimum atomic E-state index is -3.77. The summed E-state index contributed by atoms with van der Waals surface area (Å²) in [6.07, 6.45) is 1.21. The van der Waals surface area contributed by atoms with E-state index in [2.05, 4.69) is 0 Å². The Labute approximate surface area is 128 Å². The van der Waals surface area contributed by atoms with Crippen LogP contribution in [0.4, 0.5) is 5.69 Å². The third-order valence-corrected chi connectivity index (χ3v) is 5.67. The number of rotatable bonds is 3. The normalized spacial score (nSPS) is 20.2. The molecule has 1 heterocycles. The third kappa shape index (κ3) is 3.30. The number of methoxy groups -OCH3 is 1. The molecule has 1 atom stereocenters. The van der Waals surface area contributed by atoms with Crippen molar-refractivity contribution in [3.05, 3.63) is 23.2 Å². The minimum Gasteiger partial charge on any atom is -0.469 e. The second-order valence-electron chi connectivity index (χ2n) is 4.91. The Kier molecular flexibility index (Phi) is 4.75. The van der Waals surface area contributed by atoms with Crippen molar-refractivity contribution in [1.29, 1.82) is 0 Å². The molecule has 0 spiro atoms. The highest BCUT2D eigenvalue weighted by atomic mass is 35.5. The number of sulfonamides is 1. The second-order valence-corrected chi connectivity index (χ2v) is 7.25. The Bertz CT molecular complexity index is 648. The standard InChI is InChI=1S/C13H17ClN2O4S/c1-20-13(17)9-3-2-6-16(8-9)21(18,19)12-7-10(14)4-5-11(12)15/h4-5,7,9H,2-3,6,8,15H2,1H3. The average Bonchev–Trinajstić information content (AvgIpc) is 2.49. The molecule has 0 radical (unpaired) electrons. The van der Waals surface area contributed by atoms with Gasteiger partial charge in [0.05, 0.1) is 18.7 Å². The van der Waals surface area contributed by atoms with E-state index in [1.54, 1.807) is 0 Å². The number of carbonyl (C=O) groups excluding carboxylic acids is 1. The number of halogens is 1. The molecular weight excluding hydrogens is 316 g/mol. The first-order chi connectivity index (χ1) is 9.86. The molecule has 0 saturated carbocycles. The molecule has 2 rings (SSSR count). The highest BCUT2D eigenvalue weighted by molar-refractivity contribution is 7.89. The molecular formula is C13H17ClN2O4S. The molecule has 2 N–H and O–H groups in total. The lowest BCUT2D eigenvalue weighted by Gasteiger charge is -2.30. The molecule has 1 saturated heterocycles. The molecule has 8 heteroatoms. The number of carbonyl (C=O) groups is 1. The van der Waals surface area contributed by atoms with Crippen molar-refractivity contribution in [2.75, 3.05) is 25.9 Å². The van der Waals surface area contributed by atoms with Gasteiger partial charge in [-0.3, -0.25) is 4.79 Å². The number of hydrogen-bond donors (Lipinski definition) is 1. The van der Waals surface area contributed by atoms with Crippen LogP contribution in [-0.2, 0) is 19.6 Å². The minimum absolute atomic E-state index is 0.0273. The first kappa shape index (κ1) is 16.1. The average molecular weight is 333 g/mol. The third-order valence-electron chi connectivity index (χ3n) is 3.51. The van der Waals surface area contributed by atoms with Crippen LogP contribution in [0.3, 0.4) is 0 Å². The predicted molar refractivity (Wildman–Crippen MR) is 79.4 cm³/mol. The van der Waals surface area contributed by atoms with Crippen molar-refractivity contribution in [2.45, 2.75) is 17.7 Å². The van der Waals surface area contributed by atoms with E-state index in [4.69, 9.17) is 22.1 Å². The van der Waals surface area contributed by atoms with Gasteiger partial charge in [0.2, 0.25) is 10.0 Å². The first-order valence-corrected chi connectivity index (χ1v) is 8.31. The zero-order valence-electron chi connectivity index (χ0n) is 11.6. The van der Waals surface area contributed by atoms with E-state index in [-0.39, 0.29) is 17.1 Å². The SMILES string of the molecule is COC(=O)C1CCCN(S(=O)(=O)c2cc(Cl)ccc2N)C1. The van der Waals surface area contributed by atoms with E-state index in [0.717, 1.165) is 0 Å². The van der Waals surface area contributed by atoms with Gasteiger partial charge < -0.3 is 10.5 Å². The monoisotopic (exact) mass is 332 g/mol. The number of nitrogens with zero attached hydrogens (tertiary/aromatic N) is 1. The van der Waals surface area contributed by atoms with Crippen LogP contribution in [0.15, 0.2) is 23.1 Å². The van der Waals surface area contributed by atoms with Crippen LogP contribution < -0.4 is 5.73 Å². The van der Waals surface area contributed by atoms with Gasteiger partial charge in [-0.2, -0.15) is 4.31 Å². The maximum absolute atomic E-state index is 12.7. The van der Waals surface area contributed by atoms with E-state index < -0.39 is 21.9 Å². The number of benzene rings is 1. The Balaban J connectivity index is 2.31. The fourth-order valence-corrected chi connectivity index (χ4v) is 4.29. The molecule has 1 aliphatic rings. The van der Waals surface area contributed by atoms with Gasteiger partial charge in [-0.25, -0.2) is 8.42 Å². The van der Waals surface area contributed by atoms with Crippen LogP contribution in [0, 0.1) is 5.92 Å². The van der Waals surface area contributed by atoms with Gasteiger partial charge >= 0.3 is 5.97 Å². The van der Waals surface area contributed by atoms with Crippen molar-refractivity contribution in [3.8, 4) is 0 Å². The van der Waals surface area contributed by atoms with Gasteiger partial charge in [0.25, 0.3) is 0 Å². The summed E-state index contributed by atoms with van der Waals surface area (Å²) in [5.74, 6) is -0.840. The number of nitrogens with two attached hydrogens (primary N) is 1. The van der Waals surface area contributed by atoms with Crippen LogP contribution in [0.1, 0.15) is 12.8 Å². The fraction of sp³-hybridized carbons (Fsp3) is 0.462. The van der Waals surface area contributed by atoms with E-state index in [1.165, 1.54) is 29.6 Å². The molecule has 0 aromatic heterocycles. The Morgan fingerprint density at radius 2 is 2.19 bits per heavy atom. The van der Waals surface area contributed by atoms with Gasteiger partial charge in [-0.05, 0) is 31.0 Å². The summed E-state index contributed by atoms with van der Waals surface area (Å²) in [5.41, 5.74) is 5.89. The molecule has 0 bridgehead atoms. The first-order valence-electron chi connectivity index (χ1n) is 6.49. The second kappa shape index (κ2) is 6.21. The Morgan fingerprint density at radius 1 is 1.48 bits per heavy atom. The van der Waals surface area contributed by atoms with Gasteiger partial charge in [0, 0.05) is 18.1 Å². The van der Waals surface area contributed by atoms with Crippen molar-refractivity contribution in [3.63, 3.8) is 0 Å². The number of hydrogen-bond acceptors (Lipinski definition) is 5. The van der Waals surface area contributed by atoms with E-state index >= 15 is 0 Å². The molecule has 0 amide bonds. The lowest BCUT2D eigenvalue weighted by Crippen LogP contribution is -2.42. The van der Waals surface area contributed by atoms with Crippen LogP contribution in [0.2, 0.25) is 5.02 Å². The molecule has 21 heavy (non-hydrogen) atoms. The molecule has 1 unspecified atom stereocenters. The van der Waals surface area contributed by atoms with Crippen LogP contribution >= 0.6 is 11.6 Å². The lowest BCUT2D eigenvalue weighted by atomic mass is 10.0. The molecule has 1 aromatic carbocycles. The predicted octanol–water partition coefficient (Wildman–Crippen LogP) is 1.50. The molecule has 116 valence electrons. The highest BCUT2D eigenvalue weighted by Gasteiger charge is 2.34. The van der Waals surface area contributed by atoms with Crippen LogP contribution in [-0.4, -0.2) is 38.9 Å².